The molecule has 1 atom stereocenters. The minimum Gasteiger partial charge on any atom is -0.377 e. The van der Waals surface area contributed by atoms with Crippen molar-refractivity contribution in [2.24, 2.45) is 4.99 Å². The van der Waals surface area contributed by atoms with Gasteiger partial charge in [-0.15, -0.1) is 24.0 Å². The molecule has 0 bridgehead atoms. The first-order valence-corrected chi connectivity index (χ1v) is 8.75. The van der Waals surface area contributed by atoms with Crippen LogP contribution in [-0.2, 0) is 9.53 Å². The maximum absolute atomic E-state index is 12.2. The summed E-state index contributed by atoms with van der Waals surface area (Å²) in [5.41, 5.74) is -0.229. The lowest BCUT2D eigenvalue weighted by molar-refractivity contribution is -0.133. The zero-order valence-corrected chi connectivity index (χ0v) is 18.9. The van der Waals surface area contributed by atoms with E-state index in [0.717, 1.165) is 44.9 Å². The Morgan fingerprint density at radius 3 is 2.60 bits per heavy atom. The molecule has 1 saturated heterocycles. The fraction of sp³-hybridized carbons (Fsp3) is 0.882. The van der Waals surface area contributed by atoms with Crippen molar-refractivity contribution in [3.05, 3.63) is 0 Å². The number of rotatable bonds is 8. The Bertz CT molecular complexity index is 429. The highest BCUT2D eigenvalue weighted by molar-refractivity contribution is 14.0. The van der Waals surface area contributed by atoms with Crippen molar-refractivity contribution in [3.8, 4) is 0 Å². The molecule has 0 aliphatic carbocycles. The molecule has 0 spiro atoms. The number of ether oxygens (including phenoxy) is 1. The molecule has 8 heteroatoms. The van der Waals surface area contributed by atoms with Gasteiger partial charge in [0, 0.05) is 47.9 Å². The van der Waals surface area contributed by atoms with Crippen molar-refractivity contribution in [3.63, 3.8) is 0 Å². The lowest BCUT2D eigenvalue weighted by Gasteiger charge is -2.26. The molecule has 7 nitrogen and oxygen atoms in total. The predicted molar refractivity (Wildman–Crippen MR) is 114 cm³/mol. The lowest BCUT2D eigenvalue weighted by Crippen LogP contribution is -2.46. The van der Waals surface area contributed by atoms with Gasteiger partial charge < -0.3 is 20.3 Å². The third kappa shape index (κ3) is 8.54. The van der Waals surface area contributed by atoms with Crippen LogP contribution in [0, 0.1) is 0 Å². The number of nitrogens with one attached hydrogen (secondary N) is 2. The van der Waals surface area contributed by atoms with E-state index >= 15 is 0 Å². The molecular weight excluding hydrogens is 433 g/mol. The molecule has 1 heterocycles. The van der Waals surface area contributed by atoms with E-state index in [0.29, 0.717) is 6.54 Å². The molecule has 0 aromatic carbocycles. The van der Waals surface area contributed by atoms with Crippen LogP contribution in [0.25, 0.3) is 0 Å². The number of amides is 1. The Morgan fingerprint density at radius 1 is 1.36 bits per heavy atom. The summed E-state index contributed by atoms with van der Waals surface area (Å²) in [6, 6.07) is 0.0555. The highest BCUT2D eigenvalue weighted by Gasteiger charge is 2.30. The van der Waals surface area contributed by atoms with Crippen LogP contribution in [-0.4, -0.2) is 87.7 Å². The van der Waals surface area contributed by atoms with Gasteiger partial charge >= 0.3 is 0 Å². The number of aliphatic imine (C=N–C) groups is 1. The molecule has 1 aliphatic rings. The van der Waals surface area contributed by atoms with Crippen LogP contribution < -0.4 is 10.6 Å². The molecule has 1 fully saturated rings. The first kappa shape index (κ1) is 24.4. The second-order valence-electron chi connectivity index (χ2n) is 7.10. The zero-order valence-electron chi connectivity index (χ0n) is 16.6. The number of methoxy groups -OCH3 is 1. The molecule has 0 radical (unpaired) electrons. The highest BCUT2D eigenvalue weighted by Crippen LogP contribution is 2.18. The van der Waals surface area contributed by atoms with Crippen LogP contribution in [0.2, 0.25) is 0 Å². The van der Waals surface area contributed by atoms with E-state index in [1.807, 2.05) is 27.9 Å². The van der Waals surface area contributed by atoms with E-state index in [9.17, 15) is 4.79 Å². The molecule has 1 unspecified atom stereocenters. The van der Waals surface area contributed by atoms with Crippen molar-refractivity contribution in [2.45, 2.75) is 44.8 Å². The van der Waals surface area contributed by atoms with Crippen LogP contribution >= 0.6 is 24.0 Å². The van der Waals surface area contributed by atoms with Gasteiger partial charge in [-0.25, -0.2) is 0 Å². The number of guanidine groups is 1. The van der Waals surface area contributed by atoms with Crippen LogP contribution in [0.3, 0.4) is 0 Å². The smallest absolute Gasteiger partial charge is 0.239 e. The van der Waals surface area contributed by atoms with Gasteiger partial charge in [0.25, 0.3) is 0 Å². The van der Waals surface area contributed by atoms with Gasteiger partial charge in [-0.3, -0.25) is 14.7 Å². The number of hydrogen-bond acceptors (Lipinski definition) is 4. The van der Waals surface area contributed by atoms with Gasteiger partial charge in [-0.2, -0.15) is 0 Å². The van der Waals surface area contributed by atoms with Gasteiger partial charge in [0.15, 0.2) is 5.96 Å². The Kier molecular flexibility index (Phi) is 11.6. The Hall–Kier alpha value is -0.610. The largest absolute Gasteiger partial charge is 0.377 e. The molecule has 25 heavy (non-hydrogen) atoms. The van der Waals surface area contributed by atoms with Gasteiger partial charge in [0.05, 0.1) is 11.6 Å². The quantitative estimate of drug-likeness (QED) is 0.242. The van der Waals surface area contributed by atoms with Crippen LogP contribution in [0.4, 0.5) is 0 Å². The monoisotopic (exact) mass is 469 g/mol. The number of nitrogens with zero attached hydrogens (tertiary/aromatic N) is 3. The van der Waals surface area contributed by atoms with Gasteiger partial charge in [0.2, 0.25) is 5.91 Å². The summed E-state index contributed by atoms with van der Waals surface area (Å²) in [7, 11) is 7.13. The Morgan fingerprint density at radius 2 is 2.04 bits per heavy atom. The standard InChI is InChI=1S/C17H35N5O2.HI/c1-17(2,24-6)13-20-16(18-3)19-10-8-12-22-11-7-9-14(22)15(23)21(4)5;/h14H,7-13H2,1-6H3,(H2,18,19,20);1H. The summed E-state index contributed by atoms with van der Waals surface area (Å²) in [5.74, 6) is 1.00. The summed E-state index contributed by atoms with van der Waals surface area (Å²) in [6.45, 7) is 7.52. The maximum atomic E-state index is 12.2. The number of carbonyl (C=O) groups is 1. The number of likely N-dealkylation sites (N-methyl/N-ethyl adjacent to an activating group) is 1. The van der Waals surface area contributed by atoms with E-state index in [4.69, 9.17) is 4.74 Å². The second-order valence-corrected chi connectivity index (χ2v) is 7.10. The first-order valence-electron chi connectivity index (χ1n) is 8.75. The molecule has 148 valence electrons. The van der Waals surface area contributed by atoms with E-state index in [-0.39, 0.29) is 41.5 Å². The topological polar surface area (TPSA) is 69.2 Å². The first-order chi connectivity index (χ1) is 11.3. The van der Waals surface area contributed by atoms with Gasteiger partial charge in [-0.05, 0) is 39.7 Å². The predicted octanol–water partition coefficient (Wildman–Crippen LogP) is 1.14. The van der Waals surface area contributed by atoms with Crippen molar-refractivity contribution in [1.29, 1.82) is 0 Å². The number of carbonyl (C=O) groups excluding carboxylic acids is 1. The fourth-order valence-electron chi connectivity index (χ4n) is 2.75. The van der Waals surface area contributed by atoms with Crippen LogP contribution in [0.1, 0.15) is 33.1 Å². The molecule has 1 amide bonds. The number of hydrogen-bond donors (Lipinski definition) is 2. The summed E-state index contributed by atoms with van der Waals surface area (Å²) in [6.07, 6.45) is 3.05. The molecule has 1 rings (SSSR count). The third-order valence-corrected chi connectivity index (χ3v) is 4.46. The number of likely N-dealkylation sites (tertiary alicyclic amines) is 1. The fourth-order valence-corrected chi connectivity index (χ4v) is 2.75. The Balaban J connectivity index is 0.00000576. The van der Waals surface area contributed by atoms with Crippen LogP contribution in [0.5, 0.6) is 0 Å². The molecule has 0 saturated carbocycles. The summed E-state index contributed by atoms with van der Waals surface area (Å²) < 4.78 is 5.39. The van der Waals surface area contributed by atoms with Crippen LogP contribution in [0.15, 0.2) is 4.99 Å². The molecule has 0 aromatic rings. The SMILES string of the molecule is CN=C(NCCCN1CCCC1C(=O)N(C)C)NCC(C)(C)OC.I. The number of halogens is 1. The summed E-state index contributed by atoms with van der Waals surface area (Å²) in [5, 5.41) is 6.59. The zero-order chi connectivity index (χ0) is 18.2. The van der Waals surface area contributed by atoms with E-state index in [2.05, 4.69) is 20.5 Å². The normalized spacial score (nSPS) is 18.6. The third-order valence-electron chi connectivity index (χ3n) is 4.46. The van der Waals surface area contributed by atoms with E-state index in [1.54, 1.807) is 19.1 Å². The van der Waals surface area contributed by atoms with E-state index in [1.165, 1.54) is 0 Å². The minimum absolute atomic E-state index is 0. The Labute approximate surface area is 170 Å². The van der Waals surface area contributed by atoms with Gasteiger partial charge in [0.1, 0.15) is 0 Å². The summed E-state index contributed by atoms with van der Waals surface area (Å²) >= 11 is 0. The summed E-state index contributed by atoms with van der Waals surface area (Å²) in [4.78, 5) is 20.4. The average molecular weight is 469 g/mol. The molecule has 2 N–H and O–H groups in total. The van der Waals surface area contributed by atoms with Crippen molar-refractivity contribution < 1.29 is 9.53 Å². The van der Waals surface area contributed by atoms with E-state index < -0.39 is 0 Å². The molecule has 1 aliphatic heterocycles. The average Bonchev–Trinajstić information content (AvgIpc) is 3.01. The van der Waals surface area contributed by atoms with Gasteiger partial charge in [-0.1, -0.05) is 0 Å². The van der Waals surface area contributed by atoms with Crippen molar-refractivity contribution >= 4 is 35.8 Å². The van der Waals surface area contributed by atoms with Crippen molar-refractivity contribution in [1.82, 2.24) is 20.4 Å². The van der Waals surface area contributed by atoms with Crippen molar-refractivity contribution in [2.75, 3.05) is 54.4 Å². The molecular formula is C17H36IN5O2. The lowest BCUT2D eigenvalue weighted by atomic mass is 10.1. The highest BCUT2D eigenvalue weighted by atomic mass is 127. The minimum atomic E-state index is -0.229. The second kappa shape index (κ2) is 11.9. The maximum Gasteiger partial charge on any atom is 0.239 e. The molecule has 0 aromatic heterocycles.